The minimum Gasteiger partial charge on any atom is -0.454 e. The lowest BCUT2D eigenvalue weighted by molar-refractivity contribution is 0.174. The number of nitriles is 1. The van der Waals surface area contributed by atoms with Gasteiger partial charge in [0.1, 0.15) is 17.5 Å². The summed E-state index contributed by atoms with van der Waals surface area (Å²) >= 11 is 6.28. The van der Waals surface area contributed by atoms with Crippen molar-refractivity contribution in [3.63, 3.8) is 0 Å². The number of rotatable bonds is 2. The van der Waals surface area contributed by atoms with Crippen molar-refractivity contribution in [1.82, 2.24) is 4.98 Å². The first-order valence-electron chi connectivity index (χ1n) is 7.53. The van der Waals surface area contributed by atoms with E-state index in [4.69, 9.17) is 26.8 Å². The summed E-state index contributed by atoms with van der Waals surface area (Å²) in [7, 11) is 0. The third kappa shape index (κ3) is 2.63. The third-order valence-corrected chi connectivity index (χ3v) is 4.32. The second-order valence-electron chi connectivity index (χ2n) is 5.47. The van der Waals surface area contributed by atoms with Crippen LogP contribution in [0, 0.1) is 11.3 Å². The Morgan fingerprint density at radius 3 is 2.64 bits per heavy atom. The number of anilines is 1. The van der Waals surface area contributed by atoms with E-state index in [1.54, 1.807) is 6.07 Å². The fourth-order valence-corrected chi connectivity index (χ4v) is 3.01. The summed E-state index contributed by atoms with van der Waals surface area (Å²) in [6.07, 6.45) is 0. The lowest BCUT2D eigenvalue weighted by Crippen LogP contribution is -2.00. The number of benzene rings is 2. The van der Waals surface area contributed by atoms with Crippen LogP contribution in [0.15, 0.2) is 48.5 Å². The average molecular weight is 350 g/mol. The average Bonchev–Trinajstić information content (AvgIpc) is 3.09. The van der Waals surface area contributed by atoms with Gasteiger partial charge in [-0.2, -0.15) is 5.26 Å². The highest BCUT2D eigenvalue weighted by Crippen LogP contribution is 2.39. The van der Waals surface area contributed by atoms with Gasteiger partial charge in [0.05, 0.1) is 5.69 Å². The second kappa shape index (κ2) is 6.00. The van der Waals surface area contributed by atoms with Gasteiger partial charge in [0, 0.05) is 16.1 Å². The van der Waals surface area contributed by atoms with Gasteiger partial charge in [-0.15, -0.1) is 0 Å². The maximum atomic E-state index is 9.52. The van der Waals surface area contributed by atoms with Crippen molar-refractivity contribution < 1.29 is 9.47 Å². The molecule has 0 bridgehead atoms. The van der Waals surface area contributed by atoms with Crippen LogP contribution in [0.1, 0.15) is 5.56 Å². The largest absolute Gasteiger partial charge is 0.454 e. The van der Waals surface area contributed by atoms with Crippen LogP contribution < -0.4 is 15.2 Å². The minimum atomic E-state index is 0.160. The van der Waals surface area contributed by atoms with Crippen LogP contribution in [-0.4, -0.2) is 11.8 Å². The zero-order valence-electron chi connectivity index (χ0n) is 13.0. The fraction of sp³-hybridized carbons (Fsp3) is 0.0526. The molecule has 122 valence electrons. The molecule has 4 rings (SSSR count). The third-order valence-electron chi connectivity index (χ3n) is 3.99. The van der Waals surface area contributed by atoms with Gasteiger partial charge in [0.2, 0.25) is 6.79 Å². The van der Waals surface area contributed by atoms with Crippen molar-refractivity contribution in [3.05, 3.63) is 59.1 Å². The number of halogens is 1. The molecule has 25 heavy (non-hydrogen) atoms. The van der Waals surface area contributed by atoms with Crippen molar-refractivity contribution in [3.8, 4) is 40.0 Å². The Balaban J connectivity index is 1.92. The lowest BCUT2D eigenvalue weighted by atomic mass is 9.98. The van der Waals surface area contributed by atoms with Gasteiger partial charge >= 0.3 is 0 Å². The Morgan fingerprint density at radius 2 is 1.84 bits per heavy atom. The number of pyridine rings is 1. The van der Waals surface area contributed by atoms with Gasteiger partial charge in [0.25, 0.3) is 0 Å². The molecule has 5 nitrogen and oxygen atoms in total. The molecule has 6 heteroatoms. The first-order chi connectivity index (χ1) is 12.2. The normalized spacial score (nSPS) is 12.0. The summed E-state index contributed by atoms with van der Waals surface area (Å²) in [5.74, 6) is 1.47. The lowest BCUT2D eigenvalue weighted by Gasteiger charge is -2.11. The molecule has 2 heterocycles. The van der Waals surface area contributed by atoms with Crippen molar-refractivity contribution in [2.45, 2.75) is 0 Å². The Morgan fingerprint density at radius 1 is 1.04 bits per heavy atom. The predicted octanol–water partition coefficient (Wildman–Crippen LogP) is 4.25. The van der Waals surface area contributed by atoms with E-state index in [0.717, 1.165) is 11.1 Å². The van der Waals surface area contributed by atoms with Gasteiger partial charge in [-0.05, 0) is 29.8 Å². The monoisotopic (exact) mass is 349 g/mol. The van der Waals surface area contributed by atoms with E-state index in [0.29, 0.717) is 33.3 Å². The topological polar surface area (TPSA) is 81.2 Å². The van der Waals surface area contributed by atoms with E-state index in [2.05, 4.69) is 11.1 Å². The summed E-state index contributed by atoms with van der Waals surface area (Å²) < 4.78 is 10.8. The minimum absolute atomic E-state index is 0.160. The predicted molar refractivity (Wildman–Crippen MR) is 95.4 cm³/mol. The fourth-order valence-electron chi connectivity index (χ4n) is 2.78. The van der Waals surface area contributed by atoms with Crippen molar-refractivity contribution >= 4 is 17.4 Å². The van der Waals surface area contributed by atoms with Crippen LogP contribution in [0.4, 0.5) is 5.82 Å². The molecule has 0 radical (unpaired) electrons. The number of fused-ring (bicyclic) bond motifs is 1. The number of nitrogen functional groups attached to an aromatic ring is 1. The summed E-state index contributed by atoms with van der Waals surface area (Å²) in [4.78, 5) is 4.35. The molecule has 0 saturated heterocycles. The van der Waals surface area contributed by atoms with Gasteiger partial charge in [-0.3, -0.25) is 0 Å². The quantitative estimate of drug-likeness (QED) is 0.747. The molecule has 0 atom stereocenters. The number of nitrogens with zero attached hydrogens (tertiary/aromatic N) is 2. The molecular formula is C19H12ClN3O2. The van der Waals surface area contributed by atoms with E-state index in [9.17, 15) is 5.26 Å². The molecule has 0 fully saturated rings. The first-order valence-corrected chi connectivity index (χ1v) is 7.90. The Bertz CT molecular complexity index is 1030. The van der Waals surface area contributed by atoms with Gasteiger partial charge in [-0.1, -0.05) is 35.9 Å². The molecular weight excluding hydrogens is 338 g/mol. The summed E-state index contributed by atoms with van der Waals surface area (Å²) in [5.41, 5.74) is 9.17. The van der Waals surface area contributed by atoms with Crippen LogP contribution in [0.2, 0.25) is 5.02 Å². The smallest absolute Gasteiger partial charge is 0.231 e. The number of hydrogen-bond donors (Lipinski definition) is 1. The molecule has 1 aromatic heterocycles. The van der Waals surface area contributed by atoms with E-state index in [-0.39, 0.29) is 12.6 Å². The van der Waals surface area contributed by atoms with Crippen molar-refractivity contribution in [2.24, 2.45) is 0 Å². The second-order valence-corrected chi connectivity index (χ2v) is 5.88. The Labute approximate surface area is 149 Å². The zero-order valence-corrected chi connectivity index (χ0v) is 13.7. The van der Waals surface area contributed by atoms with Crippen LogP contribution in [0.5, 0.6) is 11.5 Å². The first kappa shape index (κ1) is 15.3. The Kier molecular flexibility index (Phi) is 3.68. The summed E-state index contributed by atoms with van der Waals surface area (Å²) in [6, 6.07) is 16.8. The van der Waals surface area contributed by atoms with Gasteiger partial charge in [-0.25, -0.2) is 4.98 Å². The zero-order chi connectivity index (χ0) is 17.4. The van der Waals surface area contributed by atoms with E-state index in [1.165, 1.54) is 0 Å². The van der Waals surface area contributed by atoms with E-state index < -0.39 is 0 Å². The van der Waals surface area contributed by atoms with Gasteiger partial charge in [0.15, 0.2) is 11.5 Å². The molecule has 0 unspecified atom stereocenters. The van der Waals surface area contributed by atoms with Crippen LogP contribution >= 0.6 is 11.6 Å². The molecule has 1 aliphatic rings. The maximum absolute atomic E-state index is 9.52. The van der Waals surface area contributed by atoms with Crippen LogP contribution in [-0.2, 0) is 0 Å². The number of hydrogen-bond acceptors (Lipinski definition) is 5. The molecule has 0 amide bonds. The molecule has 0 saturated carbocycles. The number of aromatic nitrogens is 1. The number of ether oxygens (including phenoxy) is 2. The molecule has 3 aromatic rings. The SMILES string of the molecule is N#Cc1c(-c2ccc3c(c2)OCO3)cc(-c2ccccc2Cl)nc1N. The molecule has 0 spiro atoms. The van der Waals surface area contributed by atoms with E-state index >= 15 is 0 Å². The van der Waals surface area contributed by atoms with Crippen molar-refractivity contribution in [1.29, 1.82) is 5.26 Å². The summed E-state index contributed by atoms with van der Waals surface area (Å²) in [6.45, 7) is 0.188. The molecule has 0 aliphatic carbocycles. The highest BCUT2D eigenvalue weighted by molar-refractivity contribution is 6.33. The molecule has 2 aromatic carbocycles. The van der Waals surface area contributed by atoms with Crippen LogP contribution in [0.3, 0.4) is 0 Å². The highest BCUT2D eigenvalue weighted by Gasteiger charge is 2.18. The molecule has 1 aliphatic heterocycles. The van der Waals surface area contributed by atoms with Crippen LogP contribution in [0.25, 0.3) is 22.4 Å². The van der Waals surface area contributed by atoms with Crippen molar-refractivity contribution in [2.75, 3.05) is 12.5 Å². The highest BCUT2D eigenvalue weighted by atomic mass is 35.5. The Hall–Kier alpha value is -3.23. The molecule has 2 N–H and O–H groups in total. The standard InChI is InChI=1S/C19H12ClN3O2/c20-15-4-2-1-3-12(15)16-8-13(14(9-21)19(22)23-16)11-5-6-17-18(7-11)25-10-24-17/h1-8H,10H2,(H2,22,23). The van der Waals surface area contributed by atoms with Gasteiger partial charge < -0.3 is 15.2 Å². The summed E-state index contributed by atoms with van der Waals surface area (Å²) in [5, 5.41) is 10.1. The van der Waals surface area contributed by atoms with E-state index in [1.807, 2.05) is 42.5 Å². The number of nitrogens with two attached hydrogens (primary N) is 1. The maximum Gasteiger partial charge on any atom is 0.231 e.